The summed E-state index contributed by atoms with van der Waals surface area (Å²) in [5, 5.41) is 69.3. The zero-order valence-electron chi connectivity index (χ0n) is 78.0. The van der Waals surface area contributed by atoms with Crippen molar-refractivity contribution in [3.63, 3.8) is 0 Å². The number of phenols is 1. The van der Waals surface area contributed by atoms with Gasteiger partial charge in [-0.25, -0.2) is 4.98 Å². The molecule has 138 heavy (non-hydrogen) atoms. The number of benzene rings is 3. The number of thioether (sulfide) groups is 1. The number of para-hydroxylation sites is 1. The van der Waals surface area contributed by atoms with Gasteiger partial charge in [0.05, 0.1) is 37.2 Å². The number of unbranched alkanes of at least 4 members (excludes halogenated alkanes) is 2. The molecule has 15 atom stereocenters. The molecule has 3 aliphatic rings. The second-order valence-corrected chi connectivity index (χ2v) is 36.8. The van der Waals surface area contributed by atoms with Gasteiger partial charge in [-0.05, 0) is 123 Å². The second-order valence-electron chi connectivity index (χ2n) is 34.9. The number of fused-ring (bicyclic) bond motifs is 4. The zero-order valence-corrected chi connectivity index (χ0v) is 79.6. The molecule has 6 aromatic rings. The minimum absolute atomic E-state index is 0.0000425. The predicted octanol–water partition coefficient (Wildman–Crippen LogP) is -1.93. The Morgan fingerprint density at radius 2 is 1.20 bits per heavy atom. The number of primary amides is 2. The molecule has 3 aromatic heterocycles. The summed E-state index contributed by atoms with van der Waals surface area (Å²) in [6.45, 7) is 3.24. The predicted molar refractivity (Wildman–Crippen MR) is 508 cm³/mol. The number of nitrogens with zero attached hydrogens (tertiary/aromatic N) is 6. The van der Waals surface area contributed by atoms with E-state index >= 15 is 38.4 Å². The first-order chi connectivity index (χ1) is 65.8. The van der Waals surface area contributed by atoms with E-state index in [1.165, 1.54) is 81.1 Å². The quantitative estimate of drug-likeness (QED) is 0.0144. The molecule has 24 N–H and O–H groups in total. The Bertz CT molecular complexity index is 5350. The highest BCUT2D eigenvalue weighted by molar-refractivity contribution is 8.00. The number of H-pyrrole nitrogens is 2. The van der Waals surface area contributed by atoms with E-state index in [1.54, 1.807) is 41.9 Å². The average Bonchev–Trinajstić information content (AvgIpc) is 1.70. The van der Waals surface area contributed by atoms with Crippen LogP contribution in [0.15, 0.2) is 96.9 Å². The fourth-order valence-electron chi connectivity index (χ4n) is 17.0. The molecule has 9 rings (SSSR count). The Labute approximate surface area is 804 Å². The van der Waals surface area contributed by atoms with E-state index in [0.717, 1.165) is 36.1 Å². The number of aromatic nitrogens is 3. The number of carboxylic acids is 1. The van der Waals surface area contributed by atoms with Crippen molar-refractivity contribution in [1.29, 1.82) is 5.41 Å². The Balaban J connectivity index is 1.11. The average molecular weight is 1960 g/mol. The van der Waals surface area contributed by atoms with E-state index in [1.807, 2.05) is 32.0 Å². The monoisotopic (exact) mass is 1950 g/mol. The van der Waals surface area contributed by atoms with Crippen LogP contribution in [0, 0.1) is 11.3 Å². The third-order valence-corrected chi connectivity index (χ3v) is 26.8. The molecule has 46 heteroatoms. The van der Waals surface area contributed by atoms with Crippen molar-refractivity contribution in [2.75, 3.05) is 65.4 Å². The number of aliphatic carboxylic acids is 1. The molecule has 0 spiro atoms. The second kappa shape index (κ2) is 52.1. The number of Topliss-reactive ketones (excluding diaryl/α,β-unsaturated/α-hetero) is 1. The van der Waals surface area contributed by atoms with Gasteiger partial charge in [0.1, 0.15) is 78.3 Å². The first-order valence-corrected chi connectivity index (χ1v) is 48.0. The number of nitrogens with one attached hydrogen (secondary N) is 13. The van der Waals surface area contributed by atoms with Crippen molar-refractivity contribution in [3.8, 4) is 5.75 Å². The number of aliphatic hydroxyl groups excluding tert-OH is 1. The fourth-order valence-corrected chi connectivity index (χ4v) is 18.9. The Kier molecular flexibility index (Phi) is 40.8. The SMILES string of the molecule is CCCC[C@H]1C(=O)N(C)[C@@H](CCCC)C(=O)N[C@@H](CCCNC(=N)N)C(=O)N[C@H](C(=O)NCC(N)=O)CSCC(=O)N[C@@H](Cc2ccc(O)cc2)C(=O)N(C)[C@@H](C)C(=O)N[C@@H](CC(N)=O)C(=O)N2CCC[C@H]2C(=O)N[C@@H](Cc2cnc[nH]2)C(=O)N[C@@H](CCC(=O)O)C(=O)N2C[C@H](O)C[C@H]2C(=O)C[C@@H](Cc2csc3ccccc23)C(=O)N[C@@H](CCN)C(=O)N[C@@H](Cc2c[nH]c3ccccc23)C(=O)N1C. The topological polar surface area (TPSA) is 677 Å². The Morgan fingerprint density at radius 1 is 0.580 bits per heavy atom. The summed E-state index contributed by atoms with van der Waals surface area (Å²) >= 11 is 2.10. The molecule has 0 bridgehead atoms. The molecule has 3 aromatic carbocycles. The minimum atomic E-state index is -1.82. The number of likely N-dealkylation sites (N-methyl/N-ethyl adjacent to an activating group) is 3. The first kappa shape index (κ1) is 108. The molecule has 748 valence electrons. The van der Waals surface area contributed by atoms with Crippen LogP contribution in [0.3, 0.4) is 0 Å². The van der Waals surface area contributed by atoms with Crippen molar-refractivity contribution in [2.45, 2.75) is 234 Å². The van der Waals surface area contributed by atoms with Gasteiger partial charge in [-0.1, -0.05) is 88.1 Å². The normalized spacial score (nSPS) is 24.5. The van der Waals surface area contributed by atoms with Gasteiger partial charge in [0.15, 0.2) is 11.7 Å². The number of imidazole rings is 1. The number of hydrogen-bond donors (Lipinski definition) is 20. The van der Waals surface area contributed by atoms with Gasteiger partial charge in [-0.3, -0.25) is 91.7 Å². The lowest BCUT2D eigenvalue weighted by atomic mass is 9.90. The maximum absolute atomic E-state index is 15.9. The number of aromatic amines is 2. The van der Waals surface area contributed by atoms with E-state index < -0.39 is 266 Å². The smallest absolute Gasteiger partial charge is 0.303 e. The molecule has 6 heterocycles. The molecule has 0 unspecified atom stereocenters. The molecule has 3 saturated heterocycles. The van der Waals surface area contributed by atoms with Crippen LogP contribution in [0.25, 0.3) is 21.0 Å². The van der Waals surface area contributed by atoms with Gasteiger partial charge in [0, 0.05) is 125 Å². The van der Waals surface area contributed by atoms with Crippen LogP contribution in [-0.4, -0.2) is 317 Å². The fraction of sp³-hybridized carbons (Fsp3) is 0.522. The van der Waals surface area contributed by atoms with E-state index in [0.29, 0.717) is 58.7 Å². The van der Waals surface area contributed by atoms with Crippen molar-refractivity contribution in [2.24, 2.45) is 28.9 Å². The number of guanidine groups is 1. The van der Waals surface area contributed by atoms with Crippen LogP contribution in [0.5, 0.6) is 5.75 Å². The summed E-state index contributed by atoms with van der Waals surface area (Å²) in [5.41, 5.74) is 25.5. The zero-order chi connectivity index (χ0) is 101. The lowest BCUT2D eigenvalue weighted by Gasteiger charge is -2.36. The number of amides is 16. The minimum Gasteiger partial charge on any atom is -0.508 e. The van der Waals surface area contributed by atoms with Crippen molar-refractivity contribution in [3.05, 3.63) is 119 Å². The van der Waals surface area contributed by atoms with Crippen molar-refractivity contribution < 1.29 is 102 Å². The molecule has 3 fully saturated rings. The third-order valence-electron chi connectivity index (χ3n) is 24.7. The number of carbonyl (C=O) groups excluding carboxylic acids is 17. The van der Waals surface area contributed by atoms with E-state index in [2.05, 4.69) is 68.1 Å². The number of aromatic hydroxyl groups is 1. The summed E-state index contributed by atoms with van der Waals surface area (Å²) in [6.07, 6.45) is -0.361. The van der Waals surface area contributed by atoms with Gasteiger partial charge >= 0.3 is 5.97 Å². The van der Waals surface area contributed by atoms with Crippen LogP contribution in [0.4, 0.5) is 0 Å². The van der Waals surface area contributed by atoms with Crippen LogP contribution >= 0.6 is 23.1 Å². The number of ketones is 1. The number of carboxylic acid groups (broad SMARTS) is 1. The van der Waals surface area contributed by atoms with Crippen molar-refractivity contribution in [1.82, 2.24) is 92.6 Å². The molecule has 0 saturated carbocycles. The van der Waals surface area contributed by atoms with Crippen LogP contribution in [-0.2, 0) is 112 Å². The highest BCUT2D eigenvalue weighted by Crippen LogP contribution is 2.32. The molecular formula is C92H127N23O21S2. The molecule has 16 amide bonds. The van der Waals surface area contributed by atoms with E-state index in [-0.39, 0.29) is 95.3 Å². The molecular weight excluding hydrogens is 1830 g/mol. The maximum atomic E-state index is 15.9. The first-order valence-electron chi connectivity index (χ1n) is 46.0. The van der Waals surface area contributed by atoms with Gasteiger partial charge in [-0.15, -0.1) is 23.1 Å². The number of hydrogen-bond acceptors (Lipinski definition) is 25. The van der Waals surface area contributed by atoms with Gasteiger partial charge in [-0.2, -0.15) is 0 Å². The maximum Gasteiger partial charge on any atom is 0.303 e. The summed E-state index contributed by atoms with van der Waals surface area (Å²) in [7, 11) is 3.92. The number of aliphatic hydroxyl groups is 1. The number of thiophene rings is 1. The number of rotatable bonds is 28. The largest absolute Gasteiger partial charge is 0.508 e. The highest BCUT2D eigenvalue weighted by Gasteiger charge is 2.47. The highest BCUT2D eigenvalue weighted by atomic mass is 32.2. The standard InChI is InChI=1S/C92H127N23O21S2/c1-7-9-21-69-85(130)105-61(20-15-33-99-92(96)97)82(127)110-68(81(126)101-44-76(95)120)47-137-48-77(121)103-65(35-51-25-27-56(116)28-26-51)87(132)111(4)50(3)79(124)108-67(41-75(94)119)90(135)114-34-16-23-70(114)86(131)107-64(39-55-43-98-49-102-55)84(129)106-63(29-30-78(122)123)89(134)115-45-57(117)40-72(115)73(118)38-52(36-54-46-138-74-24-14-12-18-59(54)74)80(125)104-62(31-32-93)83(128)109-66(37-53-42-100-60-19-13-11-17-58(53)60)88(133)113(6)71(22-10-8-2)91(136)112(69)5/h11-14,17-19,24-28,42-43,46,49-50,52,57,61-72,100,116-117H,7-10,15-16,20-23,29-41,44-45,47-48,93H2,1-6H3,(H2,94,119)(H2,95,120)(H,98,102)(H,101,126)(H,103,121)(H,104,125)(H,105,130)(H,106,129)(H,107,131)(H,108,124)(H,109,128)(H,110,127)(H,122,123)(H4,96,97,99)/t50-,52+,57+,61-,62-,63-,64-,65-,66-,67-,68-,69-,70-,71-,72-/m0/s1. The number of carbonyl (C=O) groups is 18. The van der Waals surface area contributed by atoms with Gasteiger partial charge in [0.2, 0.25) is 94.5 Å². The summed E-state index contributed by atoms with van der Waals surface area (Å²) in [4.78, 5) is 279. The molecule has 3 aliphatic heterocycles. The summed E-state index contributed by atoms with van der Waals surface area (Å²) in [5.74, 6) is -20.5. The third kappa shape index (κ3) is 30.4. The Morgan fingerprint density at radius 3 is 1.87 bits per heavy atom. The lowest BCUT2D eigenvalue weighted by molar-refractivity contribution is -0.149. The van der Waals surface area contributed by atoms with Crippen molar-refractivity contribution >= 4 is 156 Å². The summed E-state index contributed by atoms with van der Waals surface area (Å²) in [6, 6.07) is -0.554. The van der Waals surface area contributed by atoms with E-state index in [4.69, 9.17) is 28.3 Å². The Hall–Kier alpha value is -13.6. The van der Waals surface area contributed by atoms with E-state index in [9.17, 15) is 63.3 Å². The lowest BCUT2D eigenvalue weighted by Crippen LogP contribution is -2.60. The molecule has 0 aliphatic carbocycles. The van der Waals surface area contributed by atoms with Crippen LogP contribution in [0.2, 0.25) is 0 Å². The van der Waals surface area contributed by atoms with Crippen LogP contribution < -0.4 is 76.1 Å². The molecule has 44 nitrogen and oxygen atoms in total. The van der Waals surface area contributed by atoms with Crippen LogP contribution in [0.1, 0.15) is 146 Å². The van der Waals surface area contributed by atoms with Gasteiger partial charge in [0.25, 0.3) is 0 Å². The number of nitrogens with two attached hydrogens (primary N) is 4. The van der Waals surface area contributed by atoms with Gasteiger partial charge < -0.3 is 126 Å². The number of phenolic OH excluding ortho intramolecular Hbond substituents is 1. The molecule has 0 radical (unpaired) electrons. The summed E-state index contributed by atoms with van der Waals surface area (Å²) < 4.78 is 0.809.